The van der Waals surface area contributed by atoms with Gasteiger partial charge in [0, 0.05) is 18.4 Å². The van der Waals surface area contributed by atoms with Gasteiger partial charge in [0.15, 0.2) is 0 Å². The third-order valence-corrected chi connectivity index (χ3v) is 3.41. The maximum absolute atomic E-state index is 8.77. The van der Waals surface area contributed by atoms with E-state index in [1.165, 1.54) is 0 Å². The van der Waals surface area contributed by atoms with E-state index >= 15 is 0 Å². The Balaban J connectivity index is 0. The summed E-state index contributed by atoms with van der Waals surface area (Å²) in [7, 11) is 0. The van der Waals surface area contributed by atoms with Crippen molar-refractivity contribution >= 4 is 0 Å². The van der Waals surface area contributed by atoms with Crippen LogP contribution < -0.4 is 0 Å². The van der Waals surface area contributed by atoms with Crippen molar-refractivity contribution in [2.24, 2.45) is 23.7 Å². The van der Waals surface area contributed by atoms with Gasteiger partial charge in [-0.3, -0.25) is 6.58 Å². The third-order valence-electron chi connectivity index (χ3n) is 3.41. The molecule has 0 aliphatic heterocycles. The summed E-state index contributed by atoms with van der Waals surface area (Å²) in [5.41, 5.74) is 0.332. The minimum atomic E-state index is -0.165. The van der Waals surface area contributed by atoms with Crippen molar-refractivity contribution in [3.8, 4) is 23.7 Å². The molecule has 0 heterocycles. The summed E-state index contributed by atoms with van der Waals surface area (Å²) in [6.07, 6.45) is 0. The number of hydrogen-bond acceptors (Lipinski definition) is 1. The van der Waals surface area contributed by atoms with Crippen molar-refractivity contribution in [2.45, 2.75) is 34.6 Å². The summed E-state index contributed by atoms with van der Waals surface area (Å²) in [6.45, 7) is 15.8. The van der Waals surface area contributed by atoms with E-state index in [2.05, 4.69) is 51.4 Å². The number of rotatable bonds is 4. The van der Waals surface area contributed by atoms with Gasteiger partial charge in [-0.15, -0.1) is 11.8 Å². The van der Waals surface area contributed by atoms with Crippen molar-refractivity contribution in [3.05, 3.63) is 12.2 Å². The van der Waals surface area contributed by atoms with E-state index in [0.29, 0.717) is 23.3 Å². The molecule has 0 bridgehead atoms. The molecule has 18 heavy (non-hydrogen) atoms. The normalized spacial score (nSPS) is 15.7. The first-order valence-electron chi connectivity index (χ1n) is 6.10. The topological polar surface area (TPSA) is 20.2 Å². The van der Waals surface area contributed by atoms with Crippen molar-refractivity contribution in [2.75, 3.05) is 6.61 Å². The van der Waals surface area contributed by atoms with Gasteiger partial charge in [-0.25, -0.2) is 5.92 Å². The van der Waals surface area contributed by atoms with Gasteiger partial charge in [0.25, 0.3) is 0 Å². The van der Waals surface area contributed by atoms with Crippen LogP contribution in [0.25, 0.3) is 0 Å². The fraction of sp³-hybridized carbons (Fsp3) is 0.625. The molecular weight excluding hydrogens is 297 g/mol. The van der Waals surface area contributed by atoms with E-state index < -0.39 is 0 Å². The molecule has 0 spiro atoms. The second-order valence-electron chi connectivity index (χ2n) is 4.64. The molecule has 0 amide bonds. The molecule has 0 aliphatic rings. The van der Waals surface area contributed by atoms with E-state index in [0.717, 1.165) is 0 Å². The van der Waals surface area contributed by atoms with E-state index in [1.807, 2.05) is 6.92 Å². The predicted molar refractivity (Wildman–Crippen MR) is 72.8 cm³/mol. The van der Waals surface area contributed by atoms with Crippen LogP contribution in [-0.4, -0.2) is 11.7 Å². The molecule has 0 radical (unpaired) electrons. The van der Waals surface area contributed by atoms with Crippen LogP contribution in [0.1, 0.15) is 34.6 Å². The van der Waals surface area contributed by atoms with E-state index in [9.17, 15) is 0 Å². The molecule has 4 unspecified atom stereocenters. The molecule has 1 N–H and O–H groups in total. The molecule has 0 saturated heterocycles. The molecule has 0 saturated carbocycles. The third kappa shape index (κ3) is 7.38. The quantitative estimate of drug-likeness (QED) is 0.624. The van der Waals surface area contributed by atoms with Gasteiger partial charge >= 0.3 is 32.7 Å². The first-order chi connectivity index (χ1) is 7.93. The van der Waals surface area contributed by atoms with Crippen LogP contribution in [0.4, 0.5) is 0 Å². The minimum absolute atomic E-state index is 0. The summed E-state index contributed by atoms with van der Waals surface area (Å²) < 4.78 is 0. The molecule has 0 rings (SSSR count). The summed E-state index contributed by atoms with van der Waals surface area (Å²) in [5, 5.41) is 8.77. The summed E-state index contributed by atoms with van der Waals surface area (Å²) in [6, 6.07) is 0. The molecule has 1 nitrogen and oxygen atoms in total. The Hall–Kier alpha value is -0.0761. The summed E-state index contributed by atoms with van der Waals surface area (Å²) in [5.74, 6) is 13.6. The van der Waals surface area contributed by atoms with Gasteiger partial charge in [-0.1, -0.05) is 27.7 Å². The Labute approximate surface area is 138 Å². The molecule has 0 fully saturated rings. The number of aliphatic hydroxyl groups excluding tert-OH is 1. The van der Waals surface area contributed by atoms with Crippen molar-refractivity contribution in [1.82, 2.24) is 0 Å². The van der Waals surface area contributed by atoms with E-state index in [4.69, 9.17) is 11.7 Å². The molecule has 0 aromatic rings. The van der Waals surface area contributed by atoms with Crippen LogP contribution in [0, 0.1) is 53.9 Å². The van der Waals surface area contributed by atoms with E-state index in [-0.39, 0.29) is 45.2 Å². The Morgan fingerprint density at radius 2 is 1.50 bits per heavy atom. The van der Waals surface area contributed by atoms with Gasteiger partial charge in [0.1, 0.15) is 0 Å². The second kappa shape index (κ2) is 10.8. The van der Waals surface area contributed by atoms with E-state index in [1.54, 1.807) is 0 Å². The van der Waals surface area contributed by atoms with Crippen LogP contribution >= 0.6 is 0 Å². The Bertz CT molecular complexity index is 364. The maximum Gasteiger partial charge on any atom is 3.00 e. The van der Waals surface area contributed by atoms with Gasteiger partial charge in [0.05, 0.1) is 0 Å². The molecule has 94 valence electrons. The Morgan fingerprint density at radius 1 is 1.06 bits per heavy atom. The van der Waals surface area contributed by atoms with Crippen LogP contribution in [0.15, 0.2) is 5.57 Å². The van der Waals surface area contributed by atoms with Crippen LogP contribution in [0.2, 0.25) is 0 Å². The first kappa shape index (κ1) is 20.2. The van der Waals surface area contributed by atoms with Crippen LogP contribution in [-0.2, 0) is 32.7 Å². The zero-order valence-corrected chi connectivity index (χ0v) is 15.0. The second-order valence-corrected chi connectivity index (χ2v) is 4.64. The largest absolute Gasteiger partial charge is 3.00 e. The smallest absolute Gasteiger partial charge is 0.394 e. The van der Waals surface area contributed by atoms with Crippen LogP contribution in [0.5, 0.6) is 0 Å². The number of aliphatic hydroxyl groups is 1. The molecular formula is C16H23OY+2. The summed E-state index contributed by atoms with van der Waals surface area (Å²) >= 11 is 0. The average Bonchev–Trinajstić information content (AvgIpc) is 2.33. The zero-order chi connectivity index (χ0) is 13.4. The first-order valence-corrected chi connectivity index (χ1v) is 6.10. The fourth-order valence-corrected chi connectivity index (χ4v) is 1.65. The van der Waals surface area contributed by atoms with Gasteiger partial charge in [-0.05, 0) is 18.8 Å². The Kier molecular flexibility index (Phi) is 12.2. The number of hydrogen-bond donors (Lipinski definition) is 1. The van der Waals surface area contributed by atoms with Gasteiger partial charge in [-0.2, -0.15) is 5.57 Å². The molecule has 0 aliphatic carbocycles. The summed E-state index contributed by atoms with van der Waals surface area (Å²) in [4.78, 5) is 0. The molecule has 0 aromatic heterocycles. The van der Waals surface area contributed by atoms with Crippen LogP contribution in [0.3, 0.4) is 0 Å². The zero-order valence-electron chi connectivity index (χ0n) is 12.1. The standard InChI is InChI=1S/C16H23O.Y/c1-7-8-13(3)15(5)16(6)14(4)10-9-12(2)11-17;/h2,13-17H,11H2,1,3-6H3;/q-1;+3. The van der Waals surface area contributed by atoms with Gasteiger partial charge in [0.2, 0.25) is 0 Å². The van der Waals surface area contributed by atoms with Crippen molar-refractivity contribution < 1.29 is 37.8 Å². The monoisotopic (exact) mass is 320 g/mol. The fourth-order valence-electron chi connectivity index (χ4n) is 1.65. The van der Waals surface area contributed by atoms with Crippen molar-refractivity contribution in [1.29, 1.82) is 0 Å². The van der Waals surface area contributed by atoms with Crippen molar-refractivity contribution in [3.63, 3.8) is 0 Å². The maximum atomic E-state index is 8.77. The van der Waals surface area contributed by atoms with Gasteiger partial charge < -0.3 is 11.0 Å². The average molecular weight is 320 g/mol. The Morgan fingerprint density at radius 3 is 1.89 bits per heavy atom. The molecule has 0 aromatic carbocycles. The SMILES string of the molecule is [CH-]=C(C#CC(C)C(C)C(C)C(C)C#CC)CO.[Y+3]. The molecule has 4 atom stereocenters. The predicted octanol–water partition coefficient (Wildman–Crippen LogP) is 2.91. The molecule has 2 heteroatoms. The minimum Gasteiger partial charge on any atom is -0.394 e.